The molecule has 0 aliphatic rings. The molecule has 0 N–H and O–H groups in total. The topological polar surface area (TPSA) is 4.93 Å². The molecular formula is C14H13NS. The Morgan fingerprint density at radius 2 is 1.88 bits per heavy atom. The van der Waals surface area contributed by atoms with Gasteiger partial charge in [-0.05, 0) is 5.56 Å². The summed E-state index contributed by atoms with van der Waals surface area (Å²) in [6.07, 6.45) is 5.83. The first-order valence-corrected chi connectivity index (χ1v) is 5.51. The maximum Gasteiger partial charge on any atom is 0.0557 e. The molecule has 0 fully saturated rings. The summed E-state index contributed by atoms with van der Waals surface area (Å²) < 4.78 is 2.87. The van der Waals surface area contributed by atoms with Crippen molar-refractivity contribution in [1.82, 2.24) is 4.57 Å². The normalized spacial score (nSPS) is 10.1. The molecule has 0 radical (unpaired) electrons. The van der Waals surface area contributed by atoms with Crippen LogP contribution in [0.3, 0.4) is 0 Å². The quantitative estimate of drug-likeness (QED) is 0.700. The molecule has 0 unspecified atom stereocenters. The molecular weight excluding hydrogens is 214 g/mol. The van der Waals surface area contributed by atoms with Gasteiger partial charge in [0.1, 0.15) is 0 Å². The Hall–Kier alpha value is -1.67. The minimum atomic E-state index is 0.860. The highest BCUT2D eigenvalue weighted by Gasteiger charge is 2.02. The molecule has 0 saturated heterocycles. The van der Waals surface area contributed by atoms with Crippen LogP contribution in [0.4, 0.5) is 0 Å². The van der Waals surface area contributed by atoms with Crippen LogP contribution >= 0.6 is 12.2 Å². The van der Waals surface area contributed by atoms with Gasteiger partial charge in [0.2, 0.25) is 0 Å². The molecule has 2 heteroatoms. The van der Waals surface area contributed by atoms with E-state index in [1.807, 2.05) is 42.2 Å². The molecule has 1 aromatic heterocycles. The molecule has 0 aliphatic heterocycles. The highest BCUT2D eigenvalue weighted by Crippen LogP contribution is 2.22. The Labute approximate surface area is 101 Å². The second kappa shape index (κ2) is 4.45. The van der Waals surface area contributed by atoms with Crippen molar-refractivity contribution >= 4 is 18.3 Å². The second-order valence-electron chi connectivity index (χ2n) is 3.69. The lowest BCUT2D eigenvalue weighted by Gasteiger charge is -2.07. The summed E-state index contributed by atoms with van der Waals surface area (Å²) in [5.41, 5.74) is 3.22. The van der Waals surface area contributed by atoms with Crippen LogP contribution in [0.5, 0.6) is 0 Å². The first-order chi connectivity index (χ1) is 7.72. The van der Waals surface area contributed by atoms with Gasteiger partial charge in [-0.2, -0.15) is 0 Å². The molecule has 1 heterocycles. The fourth-order valence-electron chi connectivity index (χ4n) is 1.70. The molecule has 2 rings (SSSR count). The Balaban J connectivity index is 2.71. The SMILES string of the molecule is C=Cc1cn(C)cc(-c2ccccc2)c1=S. The van der Waals surface area contributed by atoms with Gasteiger partial charge in [-0.15, -0.1) is 0 Å². The van der Waals surface area contributed by atoms with Crippen molar-refractivity contribution < 1.29 is 0 Å². The maximum absolute atomic E-state index is 5.45. The van der Waals surface area contributed by atoms with Crippen molar-refractivity contribution in [3.05, 3.63) is 59.4 Å². The summed E-state index contributed by atoms with van der Waals surface area (Å²) in [5.74, 6) is 0. The zero-order valence-corrected chi connectivity index (χ0v) is 10.00. The Morgan fingerprint density at radius 3 is 2.50 bits per heavy atom. The standard InChI is InChI=1S/C14H13NS/c1-3-11-9-15(2)10-13(14(11)16)12-7-5-4-6-8-12/h3-10H,1H2,2H3. The van der Waals surface area contributed by atoms with E-state index in [2.05, 4.69) is 18.7 Å². The predicted octanol–water partition coefficient (Wildman–Crippen LogP) is 4.06. The van der Waals surface area contributed by atoms with Gasteiger partial charge >= 0.3 is 0 Å². The molecule has 0 bridgehead atoms. The highest BCUT2D eigenvalue weighted by atomic mass is 32.1. The van der Waals surface area contributed by atoms with Gasteiger partial charge in [0.15, 0.2) is 0 Å². The highest BCUT2D eigenvalue weighted by molar-refractivity contribution is 7.71. The van der Waals surface area contributed by atoms with Crippen LogP contribution in [-0.2, 0) is 7.05 Å². The monoisotopic (exact) mass is 227 g/mol. The van der Waals surface area contributed by atoms with Crippen molar-refractivity contribution in [2.75, 3.05) is 0 Å². The summed E-state index contributed by atoms with van der Waals surface area (Å²) in [4.78, 5) is 0. The molecule has 16 heavy (non-hydrogen) atoms. The van der Waals surface area contributed by atoms with Gasteiger partial charge in [0.05, 0.1) is 4.51 Å². The van der Waals surface area contributed by atoms with Gasteiger partial charge in [0.25, 0.3) is 0 Å². The number of aryl methyl sites for hydroxylation is 1. The summed E-state index contributed by atoms with van der Waals surface area (Å²) in [6.45, 7) is 3.79. The van der Waals surface area contributed by atoms with E-state index in [0.717, 1.165) is 21.2 Å². The van der Waals surface area contributed by atoms with E-state index in [9.17, 15) is 0 Å². The van der Waals surface area contributed by atoms with Crippen LogP contribution in [0.25, 0.3) is 17.2 Å². The van der Waals surface area contributed by atoms with Gasteiger partial charge in [-0.1, -0.05) is 55.2 Å². The van der Waals surface area contributed by atoms with Gasteiger partial charge in [-0.25, -0.2) is 0 Å². The lowest BCUT2D eigenvalue weighted by atomic mass is 10.1. The van der Waals surface area contributed by atoms with E-state index in [-0.39, 0.29) is 0 Å². The summed E-state index contributed by atoms with van der Waals surface area (Å²) >= 11 is 5.45. The van der Waals surface area contributed by atoms with E-state index < -0.39 is 0 Å². The van der Waals surface area contributed by atoms with Crippen LogP contribution < -0.4 is 0 Å². The van der Waals surface area contributed by atoms with Crippen LogP contribution in [0.15, 0.2) is 49.3 Å². The first kappa shape index (κ1) is 10.8. The Kier molecular flexibility index (Phi) is 3.02. The van der Waals surface area contributed by atoms with E-state index in [4.69, 9.17) is 12.2 Å². The average Bonchev–Trinajstić information content (AvgIpc) is 2.33. The fraction of sp³-hybridized carbons (Fsp3) is 0.0714. The minimum absolute atomic E-state index is 0.860. The van der Waals surface area contributed by atoms with Crippen LogP contribution in [-0.4, -0.2) is 4.57 Å². The molecule has 80 valence electrons. The summed E-state index contributed by atoms with van der Waals surface area (Å²) in [7, 11) is 1.99. The number of pyridine rings is 1. The maximum atomic E-state index is 5.45. The third-order valence-corrected chi connectivity index (χ3v) is 2.94. The number of hydrogen-bond acceptors (Lipinski definition) is 1. The second-order valence-corrected chi connectivity index (χ2v) is 4.10. The lowest BCUT2D eigenvalue weighted by molar-refractivity contribution is 0.902. The number of nitrogens with zero attached hydrogens (tertiary/aromatic N) is 1. The fourth-order valence-corrected chi connectivity index (χ4v) is 2.01. The zero-order chi connectivity index (χ0) is 11.5. The third-order valence-electron chi connectivity index (χ3n) is 2.49. The number of hydrogen-bond donors (Lipinski definition) is 0. The van der Waals surface area contributed by atoms with Crippen LogP contribution in [0.1, 0.15) is 5.56 Å². The smallest absolute Gasteiger partial charge is 0.0557 e. The largest absolute Gasteiger partial charge is 0.356 e. The molecule has 0 saturated carbocycles. The average molecular weight is 227 g/mol. The minimum Gasteiger partial charge on any atom is -0.356 e. The molecule has 0 spiro atoms. The molecule has 1 nitrogen and oxygen atoms in total. The van der Waals surface area contributed by atoms with Crippen molar-refractivity contribution in [3.63, 3.8) is 0 Å². The molecule has 0 atom stereocenters. The van der Waals surface area contributed by atoms with Gasteiger partial charge in [-0.3, -0.25) is 0 Å². The van der Waals surface area contributed by atoms with E-state index in [0.29, 0.717) is 0 Å². The van der Waals surface area contributed by atoms with E-state index in [1.54, 1.807) is 6.08 Å². The third kappa shape index (κ3) is 1.97. The van der Waals surface area contributed by atoms with Crippen molar-refractivity contribution in [3.8, 4) is 11.1 Å². The van der Waals surface area contributed by atoms with E-state index in [1.165, 1.54) is 0 Å². The lowest BCUT2D eigenvalue weighted by Crippen LogP contribution is -1.94. The predicted molar refractivity (Wildman–Crippen MR) is 71.8 cm³/mol. The van der Waals surface area contributed by atoms with Crippen molar-refractivity contribution in [1.29, 1.82) is 0 Å². The van der Waals surface area contributed by atoms with Crippen LogP contribution in [0.2, 0.25) is 0 Å². The number of rotatable bonds is 2. The molecule has 0 amide bonds. The summed E-state index contributed by atoms with van der Waals surface area (Å²) in [6, 6.07) is 10.2. The van der Waals surface area contributed by atoms with Crippen molar-refractivity contribution in [2.24, 2.45) is 7.05 Å². The Bertz CT molecular complexity index is 567. The van der Waals surface area contributed by atoms with Gasteiger partial charge < -0.3 is 4.57 Å². The molecule has 2 aromatic rings. The zero-order valence-electron chi connectivity index (χ0n) is 9.18. The first-order valence-electron chi connectivity index (χ1n) is 5.10. The van der Waals surface area contributed by atoms with Crippen LogP contribution in [0, 0.1) is 4.51 Å². The van der Waals surface area contributed by atoms with Gasteiger partial charge in [0, 0.05) is 30.6 Å². The van der Waals surface area contributed by atoms with Crippen molar-refractivity contribution in [2.45, 2.75) is 0 Å². The Morgan fingerprint density at radius 1 is 1.19 bits per heavy atom. The van der Waals surface area contributed by atoms with E-state index >= 15 is 0 Å². The number of benzene rings is 1. The molecule has 1 aromatic carbocycles. The molecule has 0 aliphatic carbocycles. The summed E-state index contributed by atoms with van der Waals surface area (Å²) in [5, 5.41) is 0. The number of aromatic nitrogens is 1.